The number of fused-ring (bicyclic) bond motifs is 3. The Labute approximate surface area is 180 Å². The number of pyridine rings is 1. The fourth-order valence-corrected chi connectivity index (χ4v) is 4.14. The summed E-state index contributed by atoms with van der Waals surface area (Å²) in [7, 11) is 0. The Morgan fingerprint density at radius 1 is 1.03 bits per heavy atom. The van der Waals surface area contributed by atoms with Gasteiger partial charge in [-0.15, -0.1) is 0 Å². The molecule has 2 atom stereocenters. The third-order valence-electron chi connectivity index (χ3n) is 5.59. The molecule has 0 aliphatic heterocycles. The first kappa shape index (κ1) is 20.8. The van der Waals surface area contributed by atoms with Gasteiger partial charge in [-0.25, -0.2) is 0 Å². The van der Waals surface area contributed by atoms with E-state index in [9.17, 15) is 15.0 Å². The van der Waals surface area contributed by atoms with E-state index in [0.717, 1.165) is 38.7 Å². The van der Waals surface area contributed by atoms with E-state index < -0.39 is 18.2 Å². The predicted octanol–water partition coefficient (Wildman–Crippen LogP) is 4.67. The average molecular weight is 415 g/mol. The van der Waals surface area contributed by atoms with Crippen LogP contribution in [0.15, 0.2) is 72.9 Å². The Hall–Kier alpha value is -3.41. The van der Waals surface area contributed by atoms with Gasteiger partial charge in [0.15, 0.2) is 0 Å². The van der Waals surface area contributed by atoms with Crippen LogP contribution in [-0.2, 0) is 4.79 Å². The summed E-state index contributed by atoms with van der Waals surface area (Å²) in [5, 5.41) is 31.3. The number of hydrogen-bond donors (Lipinski definition) is 3. The van der Waals surface area contributed by atoms with E-state index in [4.69, 9.17) is 5.11 Å². The van der Waals surface area contributed by atoms with Crippen molar-refractivity contribution < 1.29 is 20.1 Å². The van der Waals surface area contributed by atoms with Crippen LogP contribution in [0.4, 0.5) is 0 Å². The fraction of sp³-hybridized carbons (Fsp3) is 0.192. The first-order valence-corrected chi connectivity index (χ1v) is 10.3. The third-order valence-corrected chi connectivity index (χ3v) is 5.59. The number of aliphatic carboxylic acids is 1. The molecule has 31 heavy (non-hydrogen) atoms. The SMILES string of the molecule is Cc1c(C=CC(O)CC(O)CC(=O)O)c(-c2ccccc2)c2c3ccccc3ccn12. The standard InChI is InChI=1S/C26H25NO4/c1-17-22(12-11-20(28)15-21(29)16-24(30)31)25(19-8-3-2-4-9-19)26-23-10-6-5-7-18(23)13-14-27(17)26/h2-14,20-21,28-29H,15-16H2,1H3,(H,30,31). The maximum atomic E-state index is 10.8. The molecule has 0 fully saturated rings. The highest BCUT2D eigenvalue weighted by molar-refractivity contribution is 6.06. The number of carboxylic acid groups (broad SMARTS) is 1. The van der Waals surface area contributed by atoms with E-state index >= 15 is 0 Å². The van der Waals surface area contributed by atoms with Crippen LogP contribution in [0.5, 0.6) is 0 Å². The lowest BCUT2D eigenvalue weighted by Gasteiger charge is -2.11. The lowest BCUT2D eigenvalue weighted by Crippen LogP contribution is -2.19. The molecule has 4 rings (SSSR count). The largest absolute Gasteiger partial charge is 0.481 e. The molecule has 4 aromatic rings. The highest BCUT2D eigenvalue weighted by Crippen LogP contribution is 2.37. The Bertz CT molecular complexity index is 1260. The van der Waals surface area contributed by atoms with Gasteiger partial charge in [0.1, 0.15) is 0 Å². The van der Waals surface area contributed by atoms with Gasteiger partial charge in [-0.1, -0.05) is 66.7 Å². The lowest BCUT2D eigenvalue weighted by molar-refractivity contribution is -0.139. The zero-order valence-electron chi connectivity index (χ0n) is 17.3. The smallest absolute Gasteiger partial charge is 0.305 e. The summed E-state index contributed by atoms with van der Waals surface area (Å²) in [6.45, 7) is 2.04. The molecule has 0 radical (unpaired) electrons. The number of nitrogens with zero attached hydrogens (tertiary/aromatic N) is 1. The average Bonchev–Trinajstić information content (AvgIpc) is 3.04. The van der Waals surface area contributed by atoms with Crippen LogP contribution in [0.3, 0.4) is 0 Å². The topological polar surface area (TPSA) is 82.2 Å². The van der Waals surface area contributed by atoms with Crippen molar-refractivity contribution in [3.8, 4) is 11.1 Å². The van der Waals surface area contributed by atoms with Crippen molar-refractivity contribution in [3.63, 3.8) is 0 Å². The van der Waals surface area contributed by atoms with Crippen molar-refractivity contribution in [2.24, 2.45) is 0 Å². The first-order chi connectivity index (χ1) is 15.0. The molecule has 5 heteroatoms. The van der Waals surface area contributed by atoms with Gasteiger partial charge in [-0.2, -0.15) is 0 Å². The number of aryl methyl sites for hydroxylation is 1. The second-order valence-electron chi connectivity index (χ2n) is 7.78. The second kappa shape index (κ2) is 8.76. The summed E-state index contributed by atoms with van der Waals surface area (Å²) < 4.78 is 2.16. The zero-order chi connectivity index (χ0) is 22.0. The molecule has 0 bridgehead atoms. The molecule has 5 nitrogen and oxygen atoms in total. The summed E-state index contributed by atoms with van der Waals surface area (Å²) in [5.74, 6) is -1.09. The van der Waals surface area contributed by atoms with Gasteiger partial charge in [0.25, 0.3) is 0 Å². The molecule has 2 unspecified atom stereocenters. The minimum Gasteiger partial charge on any atom is -0.481 e. The normalized spacial score (nSPS) is 13.8. The number of carboxylic acids is 1. The number of carbonyl (C=O) groups is 1. The van der Waals surface area contributed by atoms with E-state index in [1.54, 1.807) is 6.08 Å². The van der Waals surface area contributed by atoms with E-state index in [2.05, 4.69) is 40.9 Å². The molecular weight excluding hydrogens is 390 g/mol. The summed E-state index contributed by atoms with van der Waals surface area (Å²) in [6, 6.07) is 20.5. The van der Waals surface area contributed by atoms with Gasteiger partial charge in [0.2, 0.25) is 0 Å². The number of aliphatic hydroxyl groups excluding tert-OH is 2. The molecule has 158 valence electrons. The molecule has 0 saturated carbocycles. The minimum atomic E-state index is -1.09. The van der Waals surface area contributed by atoms with Gasteiger partial charge in [0.05, 0.1) is 24.1 Å². The molecule has 2 aromatic carbocycles. The summed E-state index contributed by atoms with van der Waals surface area (Å²) in [5.41, 5.74) is 5.26. The molecule has 0 amide bonds. The zero-order valence-corrected chi connectivity index (χ0v) is 17.3. The van der Waals surface area contributed by atoms with Gasteiger partial charge in [-0.3, -0.25) is 4.79 Å². The molecule has 2 heterocycles. The van der Waals surface area contributed by atoms with Gasteiger partial charge in [0, 0.05) is 34.8 Å². The van der Waals surface area contributed by atoms with Crippen LogP contribution in [-0.4, -0.2) is 37.9 Å². The van der Waals surface area contributed by atoms with Crippen molar-refractivity contribution >= 4 is 28.3 Å². The molecule has 3 N–H and O–H groups in total. The van der Waals surface area contributed by atoms with Gasteiger partial charge < -0.3 is 19.7 Å². The van der Waals surface area contributed by atoms with Crippen molar-refractivity contribution in [2.75, 3.05) is 0 Å². The van der Waals surface area contributed by atoms with Gasteiger partial charge in [-0.05, 0) is 23.9 Å². The van der Waals surface area contributed by atoms with Crippen molar-refractivity contribution in [2.45, 2.75) is 32.0 Å². The Kier molecular flexibility index (Phi) is 5.89. The van der Waals surface area contributed by atoms with Crippen molar-refractivity contribution in [3.05, 3.63) is 84.2 Å². The monoisotopic (exact) mass is 415 g/mol. The second-order valence-corrected chi connectivity index (χ2v) is 7.78. The molecule has 0 aliphatic rings. The molecule has 0 aliphatic carbocycles. The highest BCUT2D eigenvalue weighted by Gasteiger charge is 2.18. The van der Waals surface area contributed by atoms with Crippen LogP contribution >= 0.6 is 0 Å². The fourth-order valence-electron chi connectivity index (χ4n) is 4.14. The first-order valence-electron chi connectivity index (χ1n) is 10.3. The van der Waals surface area contributed by atoms with Gasteiger partial charge >= 0.3 is 5.97 Å². The molecule has 2 aromatic heterocycles. The Morgan fingerprint density at radius 3 is 2.48 bits per heavy atom. The number of aromatic nitrogens is 1. The van der Waals surface area contributed by atoms with E-state index in [-0.39, 0.29) is 12.8 Å². The summed E-state index contributed by atoms with van der Waals surface area (Å²) in [6.07, 6.45) is 3.10. The van der Waals surface area contributed by atoms with E-state index in [1.807, 2.05) is 43.3 Å². The summed E-state index contributed by atoms with van der Waals surface area (Å²) >= 11 is 0. The predicted molar refractivity (Wildman–Crippen MR) is 123 cm³/mol. The maximum Gasteiger partial charge on any atom is 0.305 e. The van der Waals surface area contributed by atoms with Crippen molar-refractivity contribution in [1.29, 1.82) is 0 Å². The third kappa shape index (κ3) is 4.24. The van der Waals surface area contributed by atoms with Crippen LogP contribution in [0.2, 0.25) is 0 Å². The maximum absolute atomic E-state index is 10.8. The van der Waals surface area contributed by atoms with Crippen LogP contribution in [0.1, 0.15) is 24.1 Å². The van der Waals surface area contributed by atoms with E-state index in [0.29, 0.717) is 0 Å². The lowest BCUT2D eigenvalue weighted by atomic mass is 9.98. The van der Waals surface area contributed by atoms with Crippen LogP contribution in [0, 0.1) is 6.92 Å². The molecule has 0 spiro atoms. The Balaban J connectivity index is 1.84. The number of rotatable bonds is 7. The number of hydrogen-bond acceptors (Lipinski definition) is 3. The molecule has 0 saturated heterocycles. The molecular formula is C26H25NO4. The minimum absolute atomic E-state index is 0.0289. The summed E-state index contributed by atoms with van der Waals surface area (Å²) in [4.78, 5) is 10.8. The number of benzene rings is 2. The van der Waals surface area contributed by atoms with E-state index in [1.165, 1.54) is 0 Å². The van der Waals surface area contributed by atoms with Crippen LogP contribution < -0.4 is 0 Å². The number of aliphatic hydroxyl groups is 2. The quantitative estimate of drug-likeness (QED) is 0.410. The van der Waals surface area contributed by atoms with Crippen molar-refractivity contribution in [1.82, 2.24) is 4.40 Å². The van der Waals surface area contributed by atoms with Crippen LogP contribution in [0.25, 0.3) is 33.5 Å². The highest BCUT2D eigenvalue weighted by atomic mass is 16.4. The Morgan fingerprint density at radius 2 is 1.74 bits per heavy atom.